The number of dihydropyridines is 1. The first-order chi connectivity index (χ1) is 15.0. The molecule has 6 N–H and O–H groups in total. The molecule has 0 radical (unpaired) electrons. The molecule has 170 valence electrons. The number of hydrogen-bond acceptors (Lipinski definition) is 8. The summed E-state index contributed by atoms with van der Waals surface area (Å²) >= 11 is 0. The van der Waals surface area contributed by atoms with Gasteiger partial charge in [-0.1, -0.05) is 0 Å². The minimum absolute atomic E-state index is 0.0118. The lowest BCUT2D eigenvalue weighted by atomic mass is 9.91. The van der Waals surface area contributed by atoms with Crippen molar-refractivity contribution in [3.8, 4) is 0 Å². The van der Waals surface area contributed by atoms with E-state index in [0.29, 0.717) is 24.1 Å². The first kappa shape index (κ1) is 22.0. The summed E-state index contributed by atoms with van der Waals surface area (Å²) in [5.74, 6) is 0.701. The summed E-state index contributed by atoms with van der Waals surface area (Å²) in [4.78, 5) is 9.23. The van der Waals surface area contributed by atoms with Gasteiger partial charge in [-0.15, -0.1) is 0 Å². The Morgan fingerprint density at radius 1 is 1.26 bits per heavy atom. The number of allylic oxidation sites excluding steroid dienone is 1. The third-order valence-electron chi connectivity index (χ3n) is 6.38. The number of nitrogens with zero attached hydrogens (tertiary/aromatic N) is 2. The lowest BCUT2D eigenvalue weighted by Gasteiger charge is -2.31. The molecule has 0 bridgehead atoms. The molecule has 0 aromatic carbocycles. The largest absolute Gasteiger partial charge is 0.383 e. The molecule has 4 rings (SSSR count). The van der Waals surface area contributed by atoms with Gasteiger partial charge in [0.2, 0.25) is 5.95 Å². The van der Waals surface area contributed by atoms with Crippen molar-refractivity contribution in [3.63, 3.8) is 0 Å². The molecule has 2 heterocycles. The molecule has 2 saturated carbocycles. The molecule has 0 amide bonds. The van der Waals surface area contributed by atoms with E-state index in [0.717, 1.165) is 75.3 Å². The summed E-state index contributed by atoms with van der Waals surface area (Å²) in [6, 6.07) is 3.32. The van der Waals surface area contributed by atoms with E-state index in [9.17, 15) is 0 Å². The van der Waals surface area contributed by atoms with E-state index < -0.39 is 0 Å². The van der Waals surface area contributed by atoms with Crippen LogP contribution in [0.4, 0.5) is 5.95 Å². The maximum absolute atomic E-state index is 6.20. The van der Waals surface area contributed by atoms with E-state index >= 15 is 0 Å². The number of anilines is 1. The van der Waals surface area contributed by atoms with Gasteiger partial charge in [-0.05, 0) is 63.7 Å². The fraction of sp³-hybridized carbons (Fsp3) is 0.652. The summed E-state index contributed by atoms with van der Waals surface area (Å²) in [6.45, 7) is 4.53. The van der Waals surface area contributed by atoms with Crippen LogP contribution in [0.2, 0.25) is 0 Å². The average Bonchev–Trinajstić information content (AvgIpc) is 3.52. The van der Waals surface area contributed by atoms with Crippen molar-refractivity contribution in [3.05, 3.63) is 35.8 Å². The van der Waals surface area contributed by atoms with Crippen LogP contribution in [0.5, 0.6) is 0 Å². The highest BCUT2D eigenvalue weighted by molar-refractivity contribution is 5.66. The topological polar surface area (TPSA) is 109 Å². The van der Waals surface area contributed by atoms with Crippen molar-refractivity contribution in [1.29, 1.82) is 0 Å². The fourth-order valence-corrected chi connectivity index (χ4v) is 4.31. The van der Waals surface area contributed by atoms with E-state index in [1.807, 2.05) is 12.3 Å². The molecule has 0 unspecified atom stereocenters. The van der Waals surface area contributed by atoms with Gasteiger partial charge in [0.05, 0.1) is 18.0 Å². The van der Waals surface area contributed by atoms with Crippen molar-refractivity contribution < 1.29 is 4.74 Å². The number of hydrogen-bond donors (Lipinski definition) is 5. The summed E-state index contributed by atoms with van der Waals surface area (Å²) in [5.41, 5.74) is 9.21. The molecular weight excluding hydrogens is 390 g/mol. The predicted molar refractivity (Wildman–Crippen MR) is 124 cm³/mol. The lowest BCUT2D eigenvalue weighted by Crippen LogP contribution is -2.43. The normalized spacial score (nSPS) is 25.6. The zero-order chi connectivity index (χ0) is 21.7. The SMILES string of the molecule is COC[C@@H](C)NC1CCC(Nc2nccc(C3=CC(NCC4(N)CC4)=CCN3)n2)CC1. The number of methoxy groups -OCH3 is 1. The second-order valence-electron chi connectivity index (χ2n) is 9.30. The zero-order valence-corrected chi connectivity index (χ0v) is 18.8. The van der Waals surface area contributed by atoms with Gasteiger partial charge < -0.3 is 31.7 Å². The van der Waals surface area contributed by atoms with Gasteiger partial charge in [0.25, 0.3) is 0 Å². The number of nitrogens with two attached hydrogens (primary N) is 1. The maximum Gasteiger partial charge on any atom is 0.223 e. The van der Waals surface area contributed by atoms with Crippen LogP contribution in [0.15, 0.2) is 30.1 Å². The van der Waals surface area contributed by atoms with E-state index in [1.54, 1.807) is 7.11 Å². The van der Waals surface area contributed by atoms with E-state index in [4.69, 9.17) is 15.5 Å². The van der Waals surface area contributed by atoms with Crippen molar-refractivity contribution >= 4 is 11.6 Å². The first-order valence-electron chi connectivity index (χ1n) is 11.6. The standard InChI is InChI=1S/C23H37N7O/c1-16(14-31-2)28-17-3-5-18(6-4-17)29-22-26-12-8-20(30-22)21-13-19(7-11-25-21)27-15-23(24)9-10-23/h7-8,12-13,16-18,25,27-28H,3-6,9-11,14-15,24H2,1-2H3,(H,26,29,30)/t16-,17?,18?/m1/s1. The summed E-state index contributed by atoms with van der Waals surface area (Å²) in [6.07, 6.45) is 12.8. The molecule has 1 aromatic heterocycles. The molecule has 1 atom stereocenters. The minimum atomic E-state index is -0.0118. The van der Waals surface area contributed by atoms with Gasteiger partial charge in [0.1, 0.15) is 0 Å². The highest BCUT2D eigenvalue weighted by Gasteiger charge is 2.37. The zero-order valence-electron chi connectivity index (χ0n) is 18.8. The number of rotatable bonds is 10. The van der Waals surface area contributed by atoms with Crippen molar-refractivity contribution in [2.75, 3.05) is 32.1 Å². The molecule has 3 aliphatic rings. The second kappa shape index (κ2) is 9.97. The van der Waals surface area contributed by atoms with Crippen LogP contribution < -0.4 is 27.0 Å². The quantitative estimate of drug-likeness (QED) is 0.384. The molecule has 31 heavy (non-hydrogen) atoms. The molecule has 2 fully saturated rings. The molecule has 1 aliphatic heterocycles. The maximum atomic E-state index is 6.20. The van der Waals surface area contributed by atoms with Crippen LogP contribution in [-0.4, -0.2) is 60.4 Å². The van der Waals surface area contributed by atoms with E-state index in [1.165, 1.54) is 0 Å². The molecular formula is C23H37N7O. The Morgan fingerprint density at radius 3 is 2.77 bits per heavy atom. The number of ether oxygens (including phenoxy) is 1. The highest BCUT2D eigenvalue weighted by atomic mass is 16.5. The summed E-state index contributed by atoms with van der Waals surface area (Å²) in [7, 11) is 1.75. The van der Waals surface area contributed by atoms with Crippen LogP contribution in [-0.2, 0) is 4.74 Å². The Hall–Kier alpha value is -2.16. The molecule has 0 spiro atoms. The summed E-state index contributed by atoms with van der Waals surface area (Å²) < 4.78 is 5.23. The average molecular weight is 428 g/mol. The molecule has 8 nitrogen and oxygen atoms in total. The van der Waals surface area contributed by atoms with Gasteiger partial charge >= 0.3 is 0 Å². The van der Waals surface area contributed by atoms with Gasteiger partial charge in [-0.2, -0.15) is 0 Å². The van der Waals surface area contributed by atoms with Crippen molar-refractivity contribution in [2.45, 2.75) is 69.1 Å². The molecule has 8 heteroatoms. The van der Waals surface area contributed by atoms with Crippen LogP contribution in [0.1, 0.15) is 51.1 Å². The first-order valence-corrected chi connectivity index (χ1v) is 11.6. The van der Waals surface area contributed by atoms with Crippen LogP contribution in [0, 0.1) is 0 Å². The Kier molecular flexibility index (Phi) is 7.09. The Bertz CT molecular complexity index is 797. The number of nitrogens with one attached hydrogen (secondary N) is 4. The third kappa shape index (κ3) is 6.41. The van der Waals surface area contributed by atoms with Crippen LogP contribution in [0.3, 0.4) is 0 Å². The number of aromatic nitrogens is 2. The van der Waals surface area contributed by atoms with E-state index in [2.05, 4.69) is 45.3 Å². The Balaban J connectivity index is 1.29. The summed E-state index contributed by atoms with van der Waals surface area (Å²) in [5, 5.41) is 14.1. The molecule has 0 saturated heterocycles. The predicted octanol–water partition coefficient (Wildman–Crippen LogP) is 1.73. The monoisotopic (exact) mass is 427 g/mol. The van der Waals surface area contributed by atoms with Crippen molar-refractivity contribution in [1.82, 2.24) is 25.9 Å². The van der Waals surface area contributed by atoms with Gasteiger partial charge in [0, 0.05) is 55.8 Å². The Labute approximate surface area is 185 Å². The van der Waals surface area contributed by atoms with Gasteiger partial charge in [-0.25, -0.2) is 9.97 Å². The lowest BCUT2D eigenvalue weighted by molar-refractivity contribution is 0.161. The molecule has 1 aromatic rings. The smallest absolute Gasteiger partial charge is 0.223 e. The minimum Gasteiger partial charge on any atom is -0.383 e. The highest BCUT2D eigenvalue weighted by Crippen LogP contribution is 2.31. The van der Waals surface area contributed by atoms with Crippen molar-refractivity contribution in [2.24, 2.45) is 5.73 Å². The van der Waals surface area contributed by atoms with E-state index in [-0.39, 0.29) is 5.54 Å². The Morgan fingerprint density at radius 2 is 2.03 bits per heavy atom. The van der Waals surface area contributed by atoms with Gasteiger partial charge in [-0.3, -0.25) is 0 Å². The van der Waals surface area contributed by atoms with Crippen LogP contribution in [0.25, 0.3) is 5.70 Å². The molecule has 2 aliphatic carbocycles. The second-order valence-corrected chi connectivity index (χ2v) is 9.30. The fourth-order valence-electron chi connectivity index (χ4n) is 4.31. The van der Waals surface area contributed by atoms with Gasteiger partial charge in [0.15, 0.2) is 0 Å². The third-order valence-corrected chi connectivity index (χ3v) is 6.38. The van der Waals surface area contributed by atoms with Crippen LogP contribution >= 0.6 is 0 Å².